The molecule has 0 heterocycles. The monoisotopic (exact) mass is 516 g/mol. The first-order valence-corrected chi connectivity index (χ1v) is 14.3. The Morgan fingerprint density at radius 1 is 0.583 bits per heavy atom. The van der Waals surface area contributed by atoms with E-state index in [0.29, 0.717) is 0 Å². The average Bonchev–Trinajstić information content (AvgIpc) is 2.89. The molecule has 0 atom stereocenters. The molecule has 5 nitrogen and oxygen atoms in total. The molecule has 2 aromatic rings. The third-order valence-electron chi connectivity index (χ3n) is 6.38. The van der Waals surface area contributed by atoms with Gasteiger partial charge < -0.3 is 14.7 Å². The quantitative estimate of drug-likeness (QED) is 0.220. The van der Waals surface area contributed by atoms with Crippen molar-refractivity contribution in [2.45, 2.75) is 88.9 Å². The van der Waals surface area contributed by atoms with Crippen LogP contribution < -0.4 is 0 Å². The Morgan fingerprint density at radius 3 is 1.08 bits per heavy atom. The van der Waals surface area contributed by atoms with Gasteiger partial charge in [-0.25, -0.2) is 9.59 Å². The minimum Gasteiger partial charge on any atom is -0.478 e. The van der Waals surface area contributed by atoms with Gasteiger partial charge >= 0.3 is 11.9 Å². The summed E-state index contributed by atoms with van der Waals surface area (Å²) in [5.74, 6) is -1.91. The van der Waals surface area contributed by atoms with Crippen LogP contribution in [0.1, 0.15) is 99.8 Å². The molecule has 0 aromatic heterocycles. The SMILES string of the molecule is CCCC[N+](CCCC)(CCCC)CCCC.O=C(O)c1ccc(Sc2ccc(C(=O)O)cc2)cc1. The number of hydrogen-bond acceptors (Lipinski definition) is 3. The zero-order valence-corrected chi connectivity index (χ0v) is 23.5. The Morgan fingerprint density at radius 2 is 0.861 bits per heavy atom. The highest BCUT2D eigenvalue weighted by atomic mass is 32.2. The molecule has 0 radical (unpaired) electrons. The second-order valence-electron chi connectivity index (χ2n) is 9.41. The number of rotatable bonds is 16. The predicted octanol–water partition coefficient (Wildman–Crippen LogP) is 8.24. The van der Waals surface area contributed by atoms with Gasteiger partial charge in [-0.3, -0.25) is 0 Å². The van der Waals surface area contributed by atoms with E-state index >= 15 is 0 Å². The van der Waals surface area contributed by atoms with E-state index in [0.717, 1.165) is 9.79 Å². The van der Waals surface area contributed by atoms with Gasteiger partial charge in [0.1, 0.15) is 0 Å². The fraction of sp³-hybridized carbons (Fsp3) is 0.533. The highest BCUT2D eigenvalue weighted by molar-refractivity contribution is 7.99. The van der Waals surface area contributed by atoms with Gasteiger partial charge in [-0.1, -0.05) is 65.1 Å². The molecule has 0 aliphatic carbocycles. The van der Waals surface area contributed by atoms with E-state index < -0.39 is 11.9 Å². The molecule has 0 spiro atoms. The van der Waals surface area contributed by atoms with Crippen molar-refractivity contribution in [3.63, 3.8) is 0 Å². The van der Waals surface area contributed by atoms with Gasteiger partial charge in [-0.05, 0) is 74.2 Å². The summed E-state index contributed by atoms with van der Waals surface area (Å²) < 4.78 is 1.42. The van der Waals surface area contributed by atoms with Crippen molar-refractivity contribution in [3.8, 4) is 0 Å². The molecule has 2 rings (SSSR count). The van der Waals surface area contributed by atoms with E-state index in [9.17, 15) is 9.59 Å². The van der Waals surface area contributed by atoms with Crippen molar-refractivity contribution in [3.05, 3.63) is 59.7 Å². The molecule has 0 saturated carbocycles. The fourth-order valence-corrected chi connectivity index (χ4v) is 4.93. The van der Waals surface area contributed by atoms with Crippen LogP contribution in [0.4, 0.5) is 0 Å². The summed E-state index contributed by atoms with van der Waals surface area (Å²) in [7, 11) is 0. The van der Waals surface area contributed by atoms with Crippen molar-refractivity contribution in [1.82, 2.24) is 0 Å². The van der Waals surface area contributed by atoms with Crippen LogP contribution >= 0.6 is 11.8 Å². The van der Waals surface area contributed by atoms with Crippen molar-refractivity contribution < 1.29 is 24.3 Å². The van der Waals surface area contributed by atoms with Crippen LogP contribution in [-0.4, -0.2) is 52.8 Å². The maximum Gasteiger partial charge on any atom is 0.335 e. The van der Waals surface area contributed by atoms with E-state index in [4.69, 9.17) is 10.2 Å². The predicted molar refractivity (Wildman–Crippen MR) is 150 cm³/mol. The summed E-state index contributed by atoms with van der Waals surface area (Å²) in [5.41, 5.74) is 0.483. The summed E-state index contributed by atoms with van der Waals surface area (Å²) >= 11 is 1.44. The normalized spacial score (nSPS) is 11.0. The van der Waals surface area contributed by atoms with Gasteiger partial charge in [0.15, 0.2) is 0 Å². The van der Waals surface area contributed by atoms with Crippen molar-refractivity contribution >= 4 is 23.7 Å². The lowest BCUT2D eigenvalue weighted by Crippen LogP contribution is -2.50. The smallest absolute Gasteiger partial charge is 0.335 e. The second kappa shape index (κ2) is 18.0. The van der Waals surface area contributed by atoms with Crippen molar-refractivity contribution in [1.29, 1.82) is 0 Å². The minimum absolute atomic E-state index is 0.241. The molecule has 2 N–H and O–H groups in total. The molecule has 36 heavy (non-hydrogen) atoms. The van der Waals surface area contributed by atoms with Gasteiger partial charge in [-0.2, -0.15) is 0 Å². The molecule has 0 fully saturated rings. The largest absolute Gasteiger partial charge is 0.478 e. The number of quaternary nitrogens is 1. The molecule has 0 aliphatic rings. The number of aromatic carboxylic acids is 2. The minimum atomic E-state index is -0.956. The molecule has 2 aromatic carbocycles. The number of benzene rings is 2. The van der Waals surface area contributed by atoms with Gasteiger partial charge in [-0.15, -0.1) is 0 Å². The number of unbranched alkanes of at least 4 members (excludes halogenated alkanes) is 4. The number of hydrogen-bond donors (Lipinski definition) is 2. The summed E-state index contributed by atoms with van der Waals surface area (Å²) in [6, 6.07) is 13.0. The molecule has 0 aliphatic heterocycles. The summed E-state index contributed by atoms with van der Waals surface area (Å²) in [6.07, 6.45) is 11.1. The van der Waals surface area contributed by atoms with Gasteiger partial charge in [0.25, 0.3) is 0 Å². The molecule has 0 bridgehead atoms. The first-order chi connectivity index (χ1) is 17.3. The second-order valence-corrected chi connectivity index (χ2v) is 10.6. The van der Waals surface area contributed by atoms with Crippen LogP contribution in [0.3, 0.4) is 0 Å². The maximum atomic E-state index is 10.7. The highest BCUT2D eigenvalue weighted by Gasteiger charge is 2.24. The Hall–Kier alpha value is -2.31. The number of carboxylic acid groups (broad SMARTS) is 2. The van der Waals surface area contributed by atoms with Crippen molar-refractivity contribution in [2.24, 2.45) is 0 Å². The Bertz CT molecular complexity index is 788. The zero-order chi connectivity index (χ0) is 26.8. The molecular weight excluding hydrogens is 470 g/mol. The molecule has 6 heteroatoms. The first kappa shape index (κ1) is 31.7. The summed E-state index contributed by atoms with van der Waals surface area (Å²) in [5, 5.41) is 17.6. The van der Waals surface area contributed by atoms with Crippen LogP contribution in [-0.2, 0) is 0 Å². The van der Waals surface area contributed by atoms with E-state index in [1.165, 1.54) is 118 Å². The molecule has 200 valence electrons. The number of nitrogens with zero attached hydrogens (tertiary/aromatic N) is 1. The fourth-order valence-electron chi connectivity index (χ4n) is 4.11. The van der Waals surface area contributed by atoms with Crippen LogP contribution in [0.25, 0.3) is 0 Å². The average molecular weight is 517 g/mol. The lowest BCUT2D eigenvalue weighted by Gasteiger charge is -2.39. The Balaban J connectivity index is 0.000000363. The Labute approximate surface area is 222 Å². The van der Waals surface area contributed by atoms with E-state index in [2.05, 4.69) is 27.7 Å². The van der Waals surface area contributed by atoms with E-state index in [1.54, 1.807) is 24.3 Å². The number of carboxylic acids is 2. The summed E-state index contributed by atoms with van der Waals surface area (Å²) in [6.45, 7) is 15.0. The lowest BCUT2D eigenvalue weighted by atomic mass is 10.1. The topological polar surface area (TPSA) is 74.6 Å². The lowest BCUT2D eigenvalue weighted by molar-refractivity contribution is -0.929. The Kier molecular flexibility index (Phi) is 15.9. The molecule has 0 saturated heterocycles. The van der Waals surface area contributed by atoms with Gasteiger partial charge in [0.2, 0.25) is 0 Å². The van der Waals surface area contributed by atoms with E-state index in [-0.39, 0.29) is 11.1 Å². The van der Waals surface area contributed by atoms with Crippen LogP contribution in [0.5, 0.6) is 0 Å². The standard InChI is InChI=1S/C16H36N.C14H10O4S/c1-5-9-13-17(14-10-6-2,15-11-7-3)16-12-8-4;15-13(16)9-1-5-11(6-2-9)19-12-7-3-10(4-8-12)14(17)18/h5-16H2,1-4H3;1-8H,(H,15,16)(H,17,18)/q+1;. The first-order valence-electron chi connectivity index (χ1n) is 13.5. The van der Waals surface area contributed by atoms with Crippen molar-refractivity contribution in [2.75, 3.05) is 26.2 Å². The van der Waals surface area contributed by atoms with Crippen LogP contribution in [0, 0.1) is 0 Å². The van der Waals surface area contributed by atoms with Crippen LogP contribution in [0.15, 0.2) is 58.3 Å². The highest BCUT2D eigenvalue weighted by Crippen LogP contribution is 2.28. The van der Waals surface area contributed by atoms with Gasteiger partial charge in [0, 0.05) is 9.79 Å². The maximum absolute atomic E-state index is 10.7. The van der Waals surface area contributed by atoms with Crippen LogP contribution in [0.2, 0.25) is 0 Å². The zero-order valence-electron chi connectivity index (χ0n) is 22.7. The van der Waals surface area contributed by atoms with Gasteiger partial charge in [0.05, 0.1) is 37.3 Å². The third-order valence-corrected chi connectivity index (χ3v) is 7.40. The van der Waals surface area contributed by atoms with E-state index in [1.807, 2.05) is 0 Å². The molecule has 0 unspecified atom stereocenters. The summed E-state index contributed by atoms with van der Waals surface area (Å²) in [4.78, 5) is 23.2. The third kappa shape index (κ3) is 12.1. The molecular formula is C30H46NO4S+. The molecule has 0 amide bonds. The number of carbonyl (C=O) groups is 2.